The number of furan rings is 1. The van der Waals surface area contributed by atoms with E-state index in [0.717, 1.165) is 16.8 Å². The molecule has 16 heavy (non-hydrogen) atoms. The van der Waals surface area contributed by atoms with Crippen molar-refractivity contribution in [3.63, 3.8) is 0 Å². The van der Waals surface area contributed by atoms with Crippen molar-refractivity contribution in [3.05, 3.63) is 54.0 Å². The molecule has 0 amide bonds. The van der Waals surface area contributed by atoms with E-state index in [1.165, 1.54) is 0 Å². The highest BCUT2D eigenvalue weighted by Crippen LogP contribution is 2.32. The molecule has 0 saturated carbocycles. The maximum absolute atomic E-state index is 11.9. The van der Waals surface area contributed by atoms with E-state index in [1.807, 2.05) is 30.3 Å². The Labute approximate surface area is 93.1 Å². The quantitative estimate of drug-likeness (QED) is 0.791. The summed E-state index contributed by atoms with van der Waals surface area (Å²) in [6, 6.07) is 9.52. The van der Waals surface area contributed by atoms with Crippen molar-refractivity contribution in [2.75, 3.05) is 5.32 Å². The lowest BCUT2D eigenvalue weighted by molar-refractivity contribution is 0.0972. The molecule has 0 saturated heterocycles. The molecular formula is C13H11NO2. The van der Waals surface area contributed by atoms with Crippen molar-refractivity contribution >= 4 is 11.5 Å². The average Bonchev–Trinajstić information content (AvgIpc) is 2.82. The fourth-order valence-corrected chi connectivity index (χ4v) is 2.06. The number of Topliss-reactive ketones (excluding diaryl/α,β-unsaturated/α-hetero) is 1. The zero-order valence-electron chi connectivity index (χ0n) is 8.64. The van der Waals surface area contributed by atoms with Gasteiger partial charge in [-0.05, 0) is 18.2 Å². The van der Waals surface area contributed by atoms with Crippen LogP contribution in [0.2, 0.25) is 0 Å². The fraction of sp³-hybridized carbons (Fsp3) is 0.154. The van der Waals surface area contributed by atoms with Gasteiger partial charge in [0, 0.05) is 23.2 Å². The monoisotopic (exact) mass is 213 g/mol. The number of hydrogen-bond acceptors (Lipinski definition) is 3. The Morgan fingerprint density at radius 1 is 1.25 bits per heavy atom. The number of fused-ring (bicyclic) bond motifs is 1. The minimum atomic E-state index is 0.0288. The van der Waals surface area contributed by atoms with Gasteiger partial charge in [-0.2, -0.15) is 0 Å². The minimum absolute atomic E-state index is 0.0288. The van der Waals surface area contributed by atoms with Crippen LogP contribution < -0.4 is 5.32 Å². The molecule has 1 aromatic heterocycles. The smallest absolute Gasteiger partial charge is 0.167 e. The molecule has 2 heterocycles. The van der Waals surface area contributed by atoms with Crippen molar-refractivity contribution in [1.29, 1.82) is 0 Å². The Balaban J connectivity index is 1.98. The van der Waals surface area contributed by atoms with Crippen LogP contribution in [0.5, 0.6) is 0 Å². The van der Waals surface area contributed by atoms with Crippen LogP contribution in [0.25, 0.3) is 0 Å². The zero-order chi connectivity index (χ0) is 11.0. The first-order valence-corrected chi connectivity index (χ1v) is 5.25. The molecule has 1 unspecified atom stereocenters. The summed E-state index contributed by atoms with van der Waals surface area (Å²) in [4.78, 5) is 11.9. The third-order valence-electron chi connectivity index (χ3n) is 2.89. The summed E-state index contributed by atoms with van der Waals surface area (Å²) in [5, 5.41) is 3.35. The van der Waals surface area contributed by atoms with E-state index in [9.17, 15) is 4.79 Å². The highest BCUT2D eigenvalue weighted by atomic mass is 16.3. The van der Waals surface area contributed by atoms with Crippen molar-refractivity contribution in [2.24, 2.45) is 0 Å². The van der Waals surface area contributed by atoms with Gasteiger partial charge in [0.1, 0.15) is 0 Å². The average molecular weight is 213 g/mol. The van der Waals surface area contributed by atoms with E-state index in [4.69, 9.17) is 4.42 Å². The fourth-order valence-electron chi connectivity index (χ4n) is 2.06. The highest BCUT2D eigenvalue weighted by molar-refractivity contribution is 6.03. The minimum Gasteiger partial charge on any atom is -0.472 e. The number of nitrogens with one attached hydrogen (secondary N) is 1. The van der Waals surface area contributed by atoms with Crippen LogP contribution in [0.15, 0.2) is 47.3 Å². The summed E-state index contributed by atoms with van der Waals surface area (Å²) in [5.41, 5.74) is 2.70. The second kappa shape index (κ2) is 3.52. The number of para-hydroxylation sites is 1. The lowest BCUT2D eigenvalue weighted by Gasteiger charge is -2.25. The summed E-state index contributed by atoms with van der Waals surface area (Å²) in [6.07, 6.45) is 3.79. The molecule has 1 aliphatic rings. The molecule has 3 heteroatoms. The molecule has 3 nitrogen and oxygen atoms in total. The van der Waals surface area contributed by atoms with Gasteiger partial charge < -0.3 is 9.73 Å². The van der Waals surface area contributed by atoms with Crippen LogP contribution in [0.3, 0.4) is 0 Å². The van der Waals surface area contributed by atoms with Crippen LogP contribution in [-0.2, 0) is 0 Å². The third kappa shape index (κ3) is 1.41. The van der Waals surface area contributed by atoms with Crippen molar-refractivity contribution in [1.82, 2.24) is 0 Å². The Hall–Kier alpha value is -2.03. The first-order chi connectivity index (χ1) is 7.84. The maximum atomic E-state index is 11.9. The first-order valence-electron chi connectivity index (χ1n) is 5.25. The van der Waals surface area contributed by atoms with Gasteiger partial charge in [-0.25, -0.2) is 0 Å². The molecule has 1 aliphatic heterocycles. The number of benzene rings is 1. The molecular weight excluding hydrogens is 202 g/mol. The van der Waals surface area contributed by atoms with Crippen molar-refractivity contribution < 1.29 is 9.21 Å². The van der Waals surface area contributed by atoms with Gasteiger partial charge in [0.05, 0.1) is 18.6 Å². The van der Waals surface area contributed by atoms with Crippen LogP contribution in [-0.4, -0.2) is 5.78 Å². The number of anilines is 1. The molecule has 3 rings (SSSR count). The molecule has 0 radical (unpaired) electrons. The van der Waals surface area contributed by atoms with Gasteiger partial charge in [-0.3, -0.25) is 4.79 Å². The van der Waals surface area contributed by atoms with Gasteiger partial charge in [0.15, 0.2) is 5.78 Å². The van der Waals surface area contributed by atoms with Gasteiger partial charge in [-0.1, -0.05) is 12.1 Å². The summed E-state index contributed by atoms with van der Waals surface area (Å²) < 4.78 is 5.04. The summed E-state index contributed by atoms with van der Waals surface area (Å²) in [6.45, 7) is 0. The van der Waals surface area contributed by atoms with E-state index in [-0.39, 0.29) is 11.8 Å². The molecule has 1 atom stereocenters. The van der Waals surface area contributed by atoms with E-state index >= 15 is 0 Å². The van der Waals surface area contributed by atoms with Gasteiger partial charge >= 0.3 is 0 Å². The molecule has 80 valence electrons. The molecule has 0 aliphatic carbocycles. The van der Waals surface area contributed by atoms with Crippen LogP contribution in [0.4, 0.5) is 5.69 Å². The SMILES string of the molecule is O=C1CC(c2ccoc2)Nc2ccccc21. The summed E-state index contributed by atoms with van der Waals surface area (Å²) in [5.74, 6) is 0.181. The zero-order valence-corrected chi connectivity index (χ0v) is 8.64. The lowest BCUT2D eigenvalue weighted by Crippen LogP contribution is -2.22. The van der Waals surface area contributed by atoms with E-state index < -0.39 is 0 Å². The molecule has 2 aromatic rings. The van der Waals surface area contributed by atoms with Gasteiger partial charge in [0.2, 0.25) is 0 Å². The normalized spacial score (nSPS) is 19.0. The Morgan fingerprint density at radius 2 is 2.12 bits per heavy atom. The summed E-state index contributed by atoms with van der Waals surface area (Å²) >= 11 is 0. The van der Waals surface area contributed by atoms with Crippen LogP contribution in [0, 0.1) is 0 Å². The number of carbonyl (C=O) groups is 1. The third-order valence-corrected chi connectivity index (χ3v) is 2.89. The van der Waals surface area contributed by atoms with Crippen LogP contribution in [0.1, 0.15) is 28.4 Å². The molecule has 0 fully saturated rings. The molecule has 1 aromatic carbocycles. The maximum Gasteiger partial charge on any atom is 0.167 e. The second-order valence-electron chi connectivity index (χ2n) is 3.93. The van der Waals surface area contributed by atoms with E-state index in [2.05, 4.69) is 5.32 Å². The van der Waals surface area contributed by atoms with Crippen molar-refractivity contribution in [2.45, 2.75) is 12.5 Å². The van der Waals surface area contributed by atoms with Gasteiger partial charge in [0.25, 0.3) is 0 Å². The highest BCUT2D eigenvalue weighted by Gasteiger charge is 2.25. The summed E-state index contributed by atoms with van der Waals surface area (Å²) in [7, 11) is 0. The second-order valence-corrected chi connectivity index (χ2v) is 3.93. The molecule has 0 spiro atoms. The Bertz CT molecular complexity index is 516. The topological polar surface area (TPSA) is 42.2 Å². The first kappa shape index (κ1) is 9.21. The molecule has 0 bridgehead atoms. The van der Waals surface area contributed by atoms with E-state index in [0.29, 0.717) is 6.42 Å². The number of carbonyl (C=O) groups excluding carboxylic acids is 1. The Kier molecular flexibility index (Phi) is 2.03. The van der Waals surface area contributed by atoms with Crippen molar-refractivity contribution in [3.8, 4) is 0 Å². The largest absolute Gasteiger partial charge is 0.472 e. The predicted molar refractivity (Wildman–Crippen MR) is 60.5 cm³/mol. The predicted octanol–water partition coefficient (Wildman–Crippen LogP) is 3.02. The van der Waals surface area contributed by atoms with Crippen LogP contribution >= 0.6 is 0 Å². The number of hydrogen-bond donors (Lipinski definition) is 1. The lowest BCUT2D eigenvalue weighted by atomic mass is 9.94. The standard InChI is InChI=1S/C13H11NO2/c15-13-7-12(9-5-6-16-8-9)14-11-4-2-1-3-10(11)13/h1-6,8,12,14H,7H2. The number of rotatable bonds is 1. The number of ketones is 1. The molecule has 1 N–H and O–H groups in total. The van der Waals surface area contributed by atoms with Gasteiger partial charge in [-0.15, -0.1) is 0 Å². The van der Waals surface area contributed by atoms with E-state index in [1.54, 1.807) is 12.5 Å². The Morgan fingerprint density at radius 3 is 2.94 bits per heavy atom.